The number of carbonyl (C=O) groups is 1. The van der Waals surface area contributed by atoms with Gasteiger partial charge in [0.15, 0.2) is 5.96 Å². The molecule has 7 heteroatoms. The van der Waals surface area contributed by atoms with E-state index in [-0.39, 0.29) is 11.3 Å². The summed E-state index contributed by atoms with van der Waals surface area (Å²) in [4.78, 5) is 20.2. The average molecular weight is 402 g/mol. The monoisotopic (exact) mass is 401 g/mol. The first-order valence-corrected chi connectivity index (χ1v) is 9.64. The van der Waals surface area contributed by atoms with E-state index in [9.17, 15) is 4.79 Å². The standard InChI is InChI=1S/C21H28ClN5O/c1-21(2,13-16-6-4-8-18(22)12-16)15-27-20(23-3)26-11-10-25-19(28)17-7-5-9-24-14-17/h4-9,12,14H,10-11,13,15H2,1-3H3,(H,25,28)(H2,23,26,27). The van der Waals surface area contributed by atoms with E-state index in [1.165, 1.54) is 5.56 Å². The molecule has 1 aromatic heterocycles. The Morgan fingerprint density at radius 3 is 2.61 bits per heavy atom. The number of hydrogen-bond donors (Lipinski definition) is 3. The largest absolute Gasteiger partial charge is 0.356 e. The van der Waals surface area contributed by atoms with E-state index >= 15 is 0 Å². The fourth-order valence-electron chi connectivity index (χ4n) is 2.76. The summed E-state index contributed by atoms with van der Waals surface area (Å²) in [5, 5.41) is 10.2. The second-order valence-electron chi connectivity index (χ2n) is 7.32. The topological polar surface area (TPSA) is 78.4 Å². The molecule has 1 heterocycles. The molecule has 0 saturated carbocycles. The smallest absolute Gasteiger partial charge is 0.252 e. The Bertz CT molecular complexity index is 792. The molecule has 2 aromatic rings. The predicted molar refractivity (Wildman–Crippen MR) is 115 cm³/mol. The summed E-state index contributed by atoms with van der Waals surface area (Å²) in [7, 11) is 1.73. The van der Waals surface area contributed by atoms with Crippen molar-refractivity contribution in [3.63, 3.8) is 0 Å². The number of amides is 1. The third-order valence-electron chi connectivity index (χ3n) is 4.16. The summed E-state index contributed by atoms with van der Waals surface area (Å²) < 4.78 is 0. The number of pyridine rings is 1. The molecule has 28 heavy (non-hydrogen) atoms. The van der Waals surface area contributed by atoms with Crippen molar-refractivity contribution < 1.29 is 4.79 Å². The molecule has 3 N–H and O–H groups in total. The van der Waals surface area contributed by atoms with E-state index < -0.39 is 0 Å². The van der Waals surface area contributed by atoms with Crippen LogP contribution in [0.2, 0.25) is 5.02 Å². The highest BCUT2D eigenvalue weighted by atomic mass is 35.5. The first-order valence-electron chi connectivity index (χ1n) is 9.27. The van der Waals surface area contributed by atoms with Gasteiger partial charge in [0, 0.05) is 44.1 Å². The first kappa shape index (κ1) is 21.7. The van der Waals surface area contributed by atoms with Gasteiger partial charge in [0.1, 0.15) is 0 Å². The lowest BCUT2D eigenvalue weighted by Crippen LogP contribution is -2.45. The van der Waals surface area contributed by atoms with Gasteiger partial charge in [-0.25, -0.2) is 0 Å². The van der Waals surface area contributed by atoms with Crippen molar-refractivity contribution in [1.82, 2.24) is 20.9 Å². The molecule has 0 aliphatic rings. The summed E-state index contributed by atoms with van der Waals surface area (Å²) in [5.74, 6) is 0.565. The molecular weight excluding hydrogens is 374 g/mol. The Morgan fingerprint density at radius 2 is 1.93 bits per heavy atom. The van der Waals surface area contributed by atoms with Crippen LogP contribution in [0.4, 0.5) is 0 Å². The lowest BCUT2D eigenvalue weighted by molar-refractivity contribution is 0.0954. The highest BCUT2D eigenvalue weighted by Crippen LogP contribution is 2.22. The molecule has 0 radical (unpaired) electrons. The summed E-state index contributed by atoms with van der Waals surface area (Å²) in [6.07, 6.45) is 4.09. The van der Waals surface area contributed by atoms with Gasteiger partial charge in [-0.3, -0.25) is 14.8 Å². The van der Waals surface area contributed by atoms with E-state index in [0.29, 0.717) is 24.6 Å². The molecule has 0 aliphatic carbocycles. The summed E-state index contributed by atoms with van der Waals surface area (Å²) in [6.45, 7) is 6.20. The quantitative estimate of drug-likeness (QED) is 0.361. The number of aliphatic imine (C=N–C) groups is 1. The third-order valence-corrected chi connectivity index (χ3v) is 4.39. The SMILES string of the molecule is CN=C(NCCNC(=O)c1cccnc1)NCC(C)(C)Cc1cccc(Cl)c1. The molecule has 1 aromatic carbocycles. The minimum absolute atomic E-state index is 0.0246. The highest BCUT2D eigenvalue weighted by Gasteiger charge is 2.19. The molecule has 150 valence electrons. The summed E-state index contributed by atoms with van der Waals surface area (Å²) >= 11 is 6.08. The van der Waals surface area contributed by atoms with Crippen molar-refractivity contribution in [1.29, 1.82) is 0 Å². The van der Waals surface area contributed by atoms with Crippen LogP contribution in [0.1, 0.15) is 29.8 Å². The van der Waals surface area contributed by atoms with Gasteiger partial charge in [-0.2, -0.15) is 0 Å². The molecule has 0 bridgehead atoms. The average Bonchev–Trinajstić information content (AvgIpc) is 2.67. The van der Waals surface area contributed by atoms with Crippen LogP contribution in [0.5, 0.6) is 0 Å². The minimum Gasteiger partial charge on any atom is -0.356 e. The number of rotatable bonds is 8. The Balaban J connectivity index is 1.72. The van der Waals surface area contributed by atoms with Gasteiger partial charge in [0.05, 0.1) is 5.56 Å². The molecule has 2 rings (SSSR count). The zero-order valence-corrected chi connectivity index (χ0v) is 17.4. The van der Waals surface area contributed by atoms with Crippen LogP contribution in [-0.2, 0) is 6.42 Å². The van der Waals surface area contributed by atoms with Gasteiger partial charge >= 0.3 is 0 Å². The second kappa shape index (κ2) is 10.7. The van der Waals surface area contributed by atoms with Crippen molar-refractivity contribution in [3.05, 3.63) is 64.9 Å². The molecule has 1 amide bonds. The van der Waals surface area contributed by atoms with Crippen molar-refractivity contribution in [2.24, 2.45) is 10.4 Å². The van der Waals surface area contributed by atoms with Crippen LogP contribution in [0.25, 0.3) is 0 Å². The van der Waals surface area contributed by atoms with Crippen LogP contribution in [-0.4, -0.2) is 43.5 Å². The van der Waals surface area contributed by atoms with E-state index in [1.807, 2.05) is 18.2 Å². The number of hydrogen-bond acceptors (Lipinski definition) is 3. The summed E-state index contributed by atoms with van der Waals surface area (Å²) in [5.41, 5.74) is 1.78. The molecule has 0 aliphatic heterocycles. The third kappa shape index (κ3) is 7.56. The molecular formula is C21H28ClN5O. The molecule has 0 spiro atoms. The van der Waals surface area contributed by atoms with E-state index in [2.05, 4.69) is 45.8 Å². The Hall–Kier alpha value is -2.60. The maximum absolute atomic E-state index is 12.0. The summed E-state index contributed by atoms with van der Waals surface area (Å²) in [6, 6.07) is 11.4. The fraction of sp³-hybridized carbons (Fsp3) is 0.381. The Morgan fingerprint density at radius 1 is 1.14 bits per heavy atom. The first-order chi connectivity index (χ1) is 13.4. The number of aromatic nitrogens is 1. The predicted octanol–water partition coefficient (Wildman–Crippen LogP) is 2.90. The van der Waals surface area contributed by atoms with Crippen molar-refractivity contribution in [2.75, 3.05) is 26.7 Å². The van der Waals surface area contributed by atoms with Gasteiger partial charge < -0.3 is 16.0 Å². The maximum Gasteiger partial charge on any atom is 0.252 e. The molecule has 0 unspecified atom stereocenters. The number of halogens is 1. The van der Waals surface area contributed by atoms with E-state index in [1.54, 1.807) is 31.6 Å². The van der Waals surface area contributed by atoms with Gasteiger partial charge in [-0.05, 0) is 41.7 Å². The fourth-order valence-corrected chi connectivity index (χ4v) is 2.97. The molecule has 0 atom stereocenters. The normalized spacial score (nSPS) is 11.8. The molecule has 0 saturated heterocycles. The van der Waals surface area contributed by atoms with Crippen LogP contribution in [0.3, 0.4) is 0 Å². The Kier molecular flexibility index (Phi) is 8.26. The highest BCUT2D eigenvalue weighted by molar-refractivity contribution is 6.30. The number of carbonyl (C=O) groups excluding carboxylic acids is 1. The molecule has 6 nitrogen and oxygen atoms in total. The second-order valence-corrected chi connectivity index (χ2v) is 7.76. The number of nitrogens with one attached hydrogen (secondary N) is 3. The van der Waals surface area contributed by atoms with Crippen molar-refractivity contribution >= 4 is 23.5 Å². The number of nitrogens with zero attached hydrogens (tertiary/aromatic N) is 2. The Labute approximate surface area is 171 Å². The van der Waals surface area contributed by atoms with Crippen molar-refractivity contribution in [2.45, 2.75) is 20.3 Å². The van der Waals surface area contributed by atoms with Crippen LogP contribution >= 0.6 is 11.6 Å². The maximum atomic E-state index is 12.0. The van der Waals surface area contributed by atoms with Crippen LogP contribution in [0, 0.1) is 5.41 Å². The van der Waals surface area contributed by atoms with Crippen LogP contribution < -0.4 is 16.0 Å². The lowest BCUT2D eigenvalue weighted by Gasteiger charge is -2.26. The van der Waals surface area contributed by atoms with Gasteiger partial charge in [-0.1, -0.05) is 37.6 Å². The van der Waals surface area contributed by atoms with E-state index in [4.69, 9.17) is 11.6 Å². The number of guanidine groups is 1. The lowest BCUT2D eigenvalue weighted by atomic mass is 9.86. The van der Waals surface area contributed by atoms with Gasteiger partial charge in [-0.15, -0.1) is 0 Å². The molecule has 0 fully saturated rings. The van der Waals surface area contributed by atoms with Gasteiger partial charge in [0.2, 0.25) is 0 Å². The minimum atomic E-state index is -0.138. The van der Waals surface area contributed by atoms with Crippen LogP contribution in [0.15, 0.2) is 53.8 Å². The van der Waals surface area contributed by atoms with Crippen molar-refractivity contribution in [3.8, 4) is 0 Å². The number of benzene rings is 1. The van der Waals surface area contributed by atoms with Gasteiger partial charge in [0.25, 0.3) is 5.91 Å². The zero-order chi connectivity index (χ0) is 20.4. The zero-order valence-electron chi connectivity index (χ0n) is 16.6. The van der Waals surface area contributed by atoms with E-state index in [0.717, 1.165) is 18.0 Å².